The molecular formula is C13H22BrN3. The number of halogens is 1. The quantitative estimate of drug-likeness (QED) is 0.707. The third-order valence-electron chi connectivity index (χ3n) is 3.46. The highest BCUT2D eigenvalue weighted by Crippen LogP contribution is 2.39. The van der Waals surface area contributed by atoms with E-state index in [1.165, 1.54) is 44.3 Å². The van der Waals surface area contributed by atoms with Gasteiger partial charge in [-0.15, -0.1) is 10.2 Å². The Labute approximate surface area is 112 Å². The number of nitrogens with zero attached hydrogens (tertiary/aromatic N) is 3. The number of hydrogen-bond donors (Lipinski definition) is 0. The minimum absolute atomic E-state index is 0.603. The van der Waals surface area contributed by atoms with Crippen molar-refractivity contribution in [3.05, 3.63) is 11.6 Å². The summed E-state index contributed by atoms with van der Waals surface area (Å²) in [6, 6.07) is 0.684. The highest BCUT2D eigenvalue weighted by atomic mass is 79.9. The molecule has 0 atom stereocenters. The van der Waals surface area contributed by atoms with Crippen molar-refractivity contribution in [1.82, 2.24) is 14.8 Å². The van der Waals surface area contributed by atoms with Gasteiger partial charge in [0.05, 0.1) is 5.33 Å². The molecule has 0 aliphatic heterocycles. The van der Waals surface area contributed by atoms with Crippen LogP contribution in [0.5, 0.6) is 0 Å². The van der Waals surface area contributed by atoms with Crippen molar-refractivity contribution in [2.24, 2.45) is 0 Å². The summed E-state index contributed by atoms with van der Waals surface area (Å²) in [7, 11) is 0. The molecule has 2 rings (SSSR count). The molecular weight excluding hydrogens is 278 g/mol. The van der Waals surface area contributed by atoms with Crippen LogP contribution in [0, 0.1) is 0 Å². The van der Waals surface area contributed by atoms with E-state index in [9.17, 15) is 0 Å². The maximum Gasteiger partial charge on any atom is 0.143 e. The zero-order valence-electron chi connectivity index (χ0n) is 10.8. The molecule has 3 nitrogen and oxygen atoms in total. The molecule has 0 spiro atoms. The standard InChI is InChI=1S/C13H22BrN3/c1-3-5-10(6-4-2)13-16-15-12(9-14)17(13)11-7-8-11/h10-11H,3-9H2,1-2H3. The lowest BCUT2D eigenvalue weighted by atomic mass is 9.97. The van der Waals surface area contributed by atoms with Crippen LogP contribution in [0.2, 0.25) is 0 Å². The maximum absolute atomic E-state index is 4.47. The van der Waals surface area contributed by atoms with Crippen LogP contribution in [0.25, 0.3) is 0 Å². The predicted octanol–water partition coefficient (Wildman–Crippen LogP) is 4.19. The average molecular weight is 300 g/mol. The first-order chi connectivity index (χ1) is 8.31. The molecule has 0 aromatic carbocycles. The van der Waals surface area contributed by atoms with E-state index < -0.39 is 0 Å². The van der Waals surface area contributed by atoms with Crippen LogP contribution in [-0.4, -0.2) is 14.8 Å². The van der Waals surface area contributed by atoms with Gasteiger partial charge < -0.3 is 4.57 Å². The van der Waals surface area contributed by atoms with Crippen molar-refractivity contribution in [2.75, 3.05) is 0 Å². The van der Waals surface area contributed by atoms with E-state index in [4.69, 9.17) is 0 Å². The van der Waals surface area contributed by atoms with E-state index in [2.05, 4.69) is 44.5 Å². The van der Waals surface area contributed by atoms with Crippen molar-refractivity contribution in [3.63, 3.8) is 0 Å². The average Bonchev–Trinajstić information content (AvgIpc) is 3.08. The molecule has 4 heteroatoms. The minimum atomic E-state index is 0.603. The van der Waals surface area contributed by atoms with Gasteiger partial charge in [-0.05, 0) is 25.7 Å². The van der Waals surface area contributed by atoms with Crippen molar-refractivity contribution < 1.29 is 0 Å². The van der Waals surface area contributed by atoms with Crippen LogP contribution in [-0.2, 0) is 5.33 Å². The molecule has 1 aliphatic carbocycles. The van der Waals surface area contributed by atoms with E-state index in [0.717, 1.165) is 11.2 Å². The molecule has 0 N–H and O–H groups in total. The molecule has 0 radical (unpaired) electrons. The van der Waals surface area contributed by atoms with Crippen LogP contribution in [0.4, 0.5) is 0 Å². The lowest BCUT2D eigenvalue weighted by molar-refractivity contribution is 0.500. The van der Waals surface area contributed by atoms with Gasteiger partial charge in [0.2, 0.25) is 0 Å². The number of aromatic nitrogens is 3. The Morgan fingerprint density at radius 1 is 1.24 bits per heavy atom. The SMILES string of the molecule is CCCC(CCC)c1nnc(CBr)n1C1CC1. The minimum Gasteiger partial charge on any atom is -0.311 e. The summed E-state index contributed by atoms with van der Waals surface area (Å²) in [6.45, 7) is 4.51. The van der Waals surface area contributed by atoms with Crippen LogP contribution in [0.15, 0.2) is 0 Å². The highest BCUT2D eigenvalue weighted by Gasteiger charge is 2.31. The Balaban J connectivity index is 2.25. The maximum atomic E-state index is 4.47. The lowest BCUT2D eigenvalue weighted by Gasteiger charge is -2.16. The molecule has 17 heavy (non-hydrogen) atoms. The van der Waals surface area contributed by atoms with Gasteiger partial charge in [0.25, 0.3) is 0 Å². The number of hydrogen-bond acceptors (Lipinski definition) is 2. The van der Waals surface area contributed by atoms with Crippen LogP contribution >= 0.6 is 15.9 Å². The second-order valence-corrected chi connectivity index (χ2v) is 5.54. The van der Waals surface area contributed by atoms with Gasteiger partial charge in [-0.1, -0.05) is 42.6 Å². The Bertz CT molecular complexity index is 352. The monoisotopic (exact) mass is 299 g/mol. The Morgan fingerprint density at radius 2 is 1.88 bits per heavy atom. The highest BCUT2D eigenvalue weighted by molar-refractivity contribution is 9.08. The van der Waals surface area contributed by atoms with Gasteiger partial charge >= 0.3 is 0 Å². The van der Waals surface area contributed by atoms with E-state index in [0.29, 0.717) is 12.0 Å². The van der Waals surface area contributed by atoms with Crippen molar-refractivity contribution in [3.8, 4) is 0 Å². The van der Waals surface area contributed by atoms with E-state index in [1.54, 1.807) is 0 Å². The van der Waals surface area contributed by atoms with E-state index in [-0.39, 0.29) is 0 Å². The summed E-state index contributed by atoms with van der Waals surface area (Å²) in [5.41, 5.74) is 0. The lowest BCUT2D eigenvalue weighted by Crippen LogP contribution is -2.10. The molecule has 0 unspecified atom stereocenters. The molecule has 0 saturated heterocycles. The third kappa shape index (κ3) is 2.90. The van der Waals surface area contributed by atoms with Crippen LogP contribution < -0.4 is 0 Å². The molecule has 96 valence electrons. The second kappa shape index (κ2) is 5.98. The molecule has 0 amide bonds. The largest absolute Gasteiger partial charge is 0.311 e. The summed E-state index contributed by atoms with van der Waals surface area (Å²) in [4.78, 5) is 0. The number of alkyl halides is 1. The van der Waals surface area contributed by atoms with Gasteiger partial charge in [0.15, 0.2) is 0 Å². The summed E-state index contributed by atoms with van der Waals surface area (Å²) >= 11 is 3.52. The first-order valence-corrected chi connectivity index (χ1v) is 7.93. The Kier molecular flexibility index (Phi) is 4.60. The van der Waals surface area contributed by atoms with Gasteiger partial charge in [0.1, 0.15) is 11.6 Å². The van der Waals surface area contributed by atoms with E-state index >= 15 is 0 Å². The fourth-order valence-corrected chi connectivity index (χ4v) is 2.92. The van der Waals surface area contributed by atoms with Gasteiger partial charge in [-0.2, -0.15) is 0 Å². The molecule has 1 aromatic heterocycles. The fourth-order valence-electron chi connectivity index (χ4n) is 2.54. The Morgan fingerprint density at radius 3 is 2.35 bits per heavy atom. The number of rotatable bonds is 7. The van der Waals surface area contributed by atoms with Crippen LogP contribution in [0.3, 0.4) is 0 Å². The van der Waals surface area contributed by atoms with Gasteiger partial charge in [-0.25, -0.2) is 0 Å². The summed E-state index contributed by atoms with van der Waals surface area (Å²) < 4.78 is 2.41. The molecule has 0 bridgehead atoms. The summed E-state index contributed by atoms with van der Waals surface area (Å²) in [5, 5.41) is 9.64. The predicted molar refractivity (Wildman–Crippen MR) is 73.5 cm³/mol. The molecule has 1 aliphatic rings. The normalized spacial score (nSPS) is 15.8. The molecule has 1 heterocycles. The van der Waals surface area contributed by atoms with Crippen molar-refractivity contribution in [1.29, 1.82) is 0 Å². The van der Waals surface area contributed by atoms with Crippen LogP contribution in [0.1, 0.15) is 76.0 Å². The molecule has 1 aromatic rings. The first kappa shape index (κ1) is 13.1. The first-order valence-electron chi connectivity index (χ1n) is 6.81. The molecule has 1 saturated carbocycles. The second-order valence-electron chi connectivity index (χ2n) is 4.98. The Hall–Kier alpha value is -0.380. The van der Waals surface area contributed by atoms with Gasteiger partial charge in [-0.3, -0.25) is 0 Å². The van der Waals surface area contributed by atoms with Gasteiger partial charge in [0, 0.05) is 12.0 Å². The zero-order valence-corrected chi connectivity index (χ0v) is 12.4. The van der Waals surface area contributed by atoms with Crippen molar-refractivity contribution in [2.45, 2.75) is 69.7 Å². The van der Waals surface area contributed by atoms with E-state index in [1.807, 2.05) is 0 Å². The third-order valence-corrected chi connectivity index (χ3v) is 3.97. The summed E-state index contributed by atoms with van der Waals surface area (Å²) in [5.74, 6) is 2.95. The summed E-state index contributed by atoms with van der Waals surface area (Å²) in [6.07, 6.45) is 7.53. The molecule has 1 fully saturated rings. The fraction of sp³-hybridized carbons (Fsp3) is 0.846. The van der Waals surface area contributed by atoms with Crippen molar-refractivity contribution >= 4 is 15.9 Å². The smallest absolute Gasteiger partial charge is 0.143 e. The zero-order chi connectivity index (χ0) is 12.3. The topological polar surface area (TPSA) is 30.7 Å².